The Morgan fingerprint density at radius 3 is 2.33 bits per heavy atom. The molecular formula is C22H27N3O4S. The summed E-state index contributed by atoms with van der Waals surface area (Å²) in [5.41, 5.74) is 5.14. The van der Waals surface area contributed by atoms with Crippen LogP contribution < -0.4 is 10.7 Å². The zero-order chi connectivity index (χ0) is 22.5. The molecule has 0 unspecified atom stereocenters. The Morgan fingerprint density at radius 2 is 1.80 bits per heavy atom. The quantitative estimate of drug-likeness (QED) is 0.296. The second-order valence-corrected chi connectivity index (χ2v) is 8.75. The highest BCUT2D eigenvalue weighted by molar-refractivity contribution is 7.18. The van der Waals surface area contributed by atoms with Crippen molar-refractivity contribution >= 4 is 40.3 Å². The molecule has 30 heavy (non-hydrogen) atoms. The van der Waals surface area contributed by atoms with Crippen LogP contribution in [0.25, 0.3) is 0 Å². The Balaban J connectivity index is 2.10. The van der Waals surface area contributed by atoms with Crippen LogP contribution in [0.15, 0.2) is 29.4 Å². The summed E-state index contributed by atoms with van der Waals surface area (Å²) in [5, 5.41) is 6.77. The first kappa shape index (κ1) is 23.3. The molecule has 0 aliphatic carbocycles. The minimum Gasteiger partial charge on any atom is -0.462 e. The molecule has 0 fully saturated rings. The number of benzene rings is 1. The van der Waals surface area contributed by atoms with Crippen LogP contribution in [0.2, 0.25) is 0 Å². The minimum absolute atomic E-state index is 0.0575. The third kappa shape index (κ3) is 5.76. The number of carbonyl (C=O) groups excluding carboxylic acids is 3. The van der Waals surface area contributed by atoms with Crippen LogP contribution in [0.5, 0.6) is 0 Å². The van der Waals surface area contributed by atoms with E-state index in [1.807, 2.05) is 24.3 Å². The largest absolute Gasteiger partial charge is 0.462 e. The van der Waals surface area contributed by atoms with Gasteiger partial charge in [-0.1, -0.05) is 45.0 Å². The fourth-order valence-electron chi connectivity index (χ4n) is 2.75. The predicted molar refractivity (Wildman–Crippen MR) is 120 cm³/mol. The maximum atomic E-state index is 12.3. The van der Waals surface area contributed by atoms with Crippen LogP contribution in [0.1, 0.15) is 71.3 Å². The summed E-state index contributed by atoms with van der Waals surface area (Å²) in [4.78, 5) is 36.7. The van der Waals surface area contributed by atoms with E-state index in [1.54, 1.807) is 13.8 Å². The van der Waals surface area contributed by atoms with Crippen LogP contribution >= 0.6 is 11.3 Å². The summed E-state index contributed by atoms with van der Waals surface area (Å²) in [6.07, 6.45) is 1.53. The molecule has 160 valence electrons. The molecule has 7 nitrogen and oxygen atoms in total. The molecular weight excluding hydrogens is 402 g/mol. The summed E-state index contributed by atoms with van der Waals surface area (Å²) in [6, 6.07) is 7.25. The lowest BCUT2D eigenvalue weighted by atomic mass is 9.87. The maximum Gasteiger partial charge on any atom is 0.341 e. The van der Waals surface area contributed by atoms with Crippen molar-refractivity contribution in [3.8, 4) is 0 Å². The van der Waals surface area contributed by atoms with Gasteiger partial charge in [0.15, 0.2) is 5.78 Å². The van der Waals surface area contributed by atoms with Crippen molar-refractivity contribution in [2.75, 3.05) is 11.9 Å². The van der Waals surface area contributed by atoms with E-state index in [1.165, 1.54) is 18.7 Å². The molecule has 8 heteroatoms. The first-order valence-corrected chi connectivity index (χ1v) is 10.4. The van der Waals surface area contributed by atoms with E-state index in [4.69, 9.17) is 4.74 Å². The summed E-state index contributed by atoms with van der Waals surface area (Å²) in [5.74, 6) is -0.773. The van der Waals surface area contributed by atoms with Crippen molar-refractivity contribution in [2.45, 2.75) is 47.0 Å². The number of anilines is 1. The number of rotatable bonds is 6. The van der Waals surface area contributed by atoms with Gasteiger partial charge in [0.05, 0.1) is 23.3 Å². The molecule has 0 radical (unpaired) electrons. The smallest absolute Gasteiger partial charge is 0.341 e. The third-order valence-electron chi connectivity index (χ3n) is 4.33. The second kappa shape index (κ2) is 9.67. The van der Waals surface area contributed by atoms with Gasteiger partial charge in [-0.15, -0.1) is 11.3 Å². The topological polar surface area (TPSA) is 96.9 Å². The van der Waals surface area contributed by atoms with Gasteiger partial charge in [-0.3, -0.25) is 10.1 Å². The number of Topliss-reactive ketones (excluding diaryl/α,β-unsaturated/α-hetero) is 1. The summed E-state index contributed by atoms with van der Waals surface area (Å²) >= 11 is 1.04. The van der Waals surface area contributed by atoms with Gasteiger partial charge in [-0.25, -0.2) is 15.0 Å². The average Bonchev–Trinajstić information content (AvgIpc) is 2.97. The van der Waals surface area contributed by atoms with Crippen LogP contribution in [-0.4, -0.2) is 30.6 Å². The fourth-order valence-corrected chi connectivity index (χ4v) is 3.84. The van der Waals surface area contributed by atoms with E-state index in [2.05, 4.69) is 36.6 Å². The van der Waals surface area contributed by atoms with E-state index in [-0.39, 0.29) is 28.4 Å². The molecule has 0 saturated heterocycles. The number of urea groups is 1. The number of thiophene rings is 1. The van der Waals surface area contributed by atoms with Gasteiger partial charge in [0.2, 0.25) is 0 Å². The Labute approximate surface area is 180 Å². The third-order valence-corrected chi connectivity index (χ3v) is 5.64. The molecule has 0 bridgehead atoms. The van der Waals surface area contributed by atoms with E-state index in [0.717, 1.165) is 16.9 Å². The monoisotopic (exact) mass is 429 g/mol. The molecule has 2 rings (SSSR count). The van der Waals surface area contributed by atoms with E-state index in [9.17, 15) is 14.4 Å². The highest BCUT2D eigenvalue weighted by atomic mass is 32.1. The highest BCUT2D eigenvalue weighted by Crippen LogP contribution is 2.34. The predicted octanol–water partition coefficient (Wildman–Crippen LogP) is 4.89. The molecule has 0 spiro atoms. The second-order valence-electron chi connectivity index (χ2n) is 7.73. The number of esters is 1. The van der Waals surface area contributed by atoms with Gasteiger partial charge in [-0.05, 0) is 42.9 Å². The molecule has 0 saturated carbocycles. The number of hydrazone groups is 1. The Hall–Kier alpha value is -3.00. The zero-order valence-electron chi connectivity index (χ0n) is 18.1. The van der Waals surface area contributed by atoms with Crippen molar-refractivity contribution in [2.24, 2.45) is 5.10 Å². The van der Waals surface area contributed by atoms with Gasteiger partial charge in [0.1, 0.15) is 5.00 Å². The van der Waals surface area contributed by atoms with Crippen molar-refractivity contribution in [3.05, 3.63) is 51.4 Å². The Bertz CT molecular complexity index is 970. The number of carbonyl (C=O) groups is 3. The summed E-state index contributed by atoms with van der Waals surface area (Å²) < 4.78 is 5.05. The summed E-state index contributed by atoms with van der Waals surface area (Å²) in [7, 11) is 0. The molecule has 2 aromatic rings. The fraction of sp³-hybridized carbons (Fsp3) is 0.364. The Morgan fingerprint density at radius 1 is 1.17 bits per heavy atom. The lowest BCUT2D eigenvalue weighted by Crippen LogP contribution is -2.24. The summed E-state index contributed by atoms with van der Waals surface area (Å²) in [6.45, 7) is 11.3. The average molecular weight is 430 g/mol. The van der Waals surface area contributed by atoms with Crippen LogP contribution in [-0.2, 0) is 10.2 Å². The minimum atomic E-state index is -0.625. The number of ketones is 1. The van der Waals surface area contributed by atoms with Gasteiger partial charge in [0, 0.05) is 0 Å². The highest BCUT2D eigenvalue weighted by Gasteiger charge is 2.25. The van der Waals surface area contributed by atoms with Crippen LogP contribution in [0.4, 0.5) is 9.80 Å². The van der Waals surface area contributed by atoms with Crippen molar-refractivity contribution in [3.63, 3.8) is 0 Å². The standard InChI is InChI=1S/C22H27N3O4S/c1-7-29-20(27)17-13(2)18(14(3)26)30-19(17)24-21(28)25-23-12-15-8-10-16(11-9-15)22(4,5)6/h8-12H,7H2,1-6H3,(H2,24,25,28)/b23-12+. The van der Waals surface area contributed by atoms with E-state index in [0.29, 0.717) is 10.4 Å². The van der Waals surface area contributed by atoms with Crippen LogP contribution in [0, 0.1) is 6.92 Å². The van der Waals surface area contributed by atoms with Gasteiger partial charge in [-0.2, -0.15) is 5.10 Å². The number of hydrogen-bond donors (Lipinski definition) is 2. The maximum absolute atomic E-state index is 12.3. The molecule has 2 N–H and O–H groups in total. The molecule has 0 atom stereocenters. The number of amides is 2. The zero-order valence-corrected chi connectivity index (χ0v) is 18.9. The lowest BCUT2D eigenvalue weighted by molar-refractivity contribution is 0.0527. The van der Waals surface area contributed by atoms with Crippen molar-refractivity contribution in [1.29, 1.82) is 0 Å². The Kier molecular flexibility index (Phi) is 7.50. The number of nitrogens with one attached hydrogen (secondary N) is 2. The number of nitrogens with zero attached hydrogens (tertiary/aromatic N) is 1. The molecule has 1 aromatic carbocycles. The first-order chi connectivity index (χ1) is 14.0. The molecule has 1 heterocycles. The van der Waals surface area contributed by atoms with Crippen molar-refractivity contribution in [1.82, 2.24) is 5.43 Å². The van der Waals surface area contributed by atoms with E-state index < -0.39 is 12.0 Å². The molecule has 1 aromatic heterocycles. The molecule has 0 aliphatic heterocycles. The van der Waals surface area contributed by atoms with E-state index >= 15 is 0 Å². The van der Waals surface area contributed by atoms with Crippen LogP contribution in [0.3, 0.4) is 0 Å². The van der Waals surface area contributed by atoms with Gasteiger partial charge < -0.3 is 4.74 Å². The normalized spacial score (nSPS) is 11.4. The van der Waals surface area contributed by atoms with Gasteiger partial charge >= 0.3 is 12.0 Å². The number of hydrogen-bond acceptors (Lipinski definition) is 6. The number of ether oxygens (including phenoxy) is 1. The lowest BCUT2D eigenvalue weighted by Gasteiger charge is -2.18. The SMILES string of the molecule is CCOC(=O)c1c(NC(=O)N/N=C/c2ccc(C(C)(C)C)cc2)sc(C(C)=O)c1C. The molecule has 2 amide bonds. The molecule has 0 aliphatic rings. The first-order valence-electron chi connectivity index (χ1n) is 9.56. The van der Waals surface area contributed by atoms with Crippen molar-refractivity contribution < 1.29 is 19.1 Å². The van der Waals surface area contributed by atoms with Gasteiger partial charge in [0.25, 0.3) is 0 Å².